The number of aryl methyl sites for hydroxylation is 2. The Morgan fingerprint density at radius 3 is 2.00 bits per heavy atom. The number of rotatable bonds is 0. The van der Waals surface area contributed by atoms with Gasteiger partial charge in [0.05, 0.1) is 0 Å². The van der Waals surface area contributed by atoms with Gasteiger partial charge < -0.3 is 29.8 Å². The van der Waals surface area contributed by atoms with Crippen LogP contribution in [0, 0.1) is 6.20 Å². The molecule has 0 saturated heterocycles. The quantitative estimate of drug-likeness (QED) is 0.438. The van der Waals surface area contributed by atoms with Crippen LogP contribution in [0.3, 0.4) is 0 Å². The van der Waals surface area contributed by atoms with Gasteiger partial charge in [-0.15, -0.1) is 28.7 Å². The van der Waals surface area contributed by atoms with E-state index in [-0.39, 0.29) is 61.8 Å². The van der Waals surface area contributed by atoms with Crippen LogP contribution in [-0.2, 0) is 49.9 Å². The predicted octanol–water partition coefficient (Wildman–Crippen LogP) is 0.0727. The van der Waals surface area contributed by atoms with Crippen molar-refractivity contribution < 1.29 is 51.0 Å². The molecule has 1 N–H and O–H groups in total. The third kappa shape index (κ3) is 5.78. The van der Waals surface area contributed by atoms with E-state index in [1.165, 1.54) is 34.9 Å². The zero-order chi connectivity index (χ0) is 17.5. The second-order valence-corrected chi connectivity index (χ2v) is 8.93. The molecule has 1 aromatic heterocycles. The van der Waals surface area contributed by atoms with E-state index in [0.29, 0.717) is 0 Å². The first-order valence-electron chi connectivity index (χ1n) is 8.95. The molecular formula is C23H29Cl2NZr. The summed E-state index contributed by atoms with van der Waals surface area (Å²) in [6, 6.07) is 13.0. The number of aromatic amines is 1. The van der Waals surface area contributed by atoms with E-state index in [4.69, 9.17) is 0 Å². The molecule has 27 heavy (non-hydrogen) atoms. The summed E-state index contributed by atoms with van der Waals surface area (Å²) in [5.74, 6) is 0. The monoisotopic (exact) mass is 479 g/mol. The molecule has 1 aliphatic carbocycles. The Kier molecular flexibility index (Phi) is 9.70. The molecule has 0 radical (unpaired) electrons. The summed E-state index contributed by atoms with van der Waals surface area (Å²) >= 11 is 0. The third-order valence-electron chi connectivity index (χ3n) is 4.87. The molecule has 0 aliphatic heterocycles. The first-order valence-corrected chi connectivity index (χ1v) is 8.95. The van der Waals surface area contributed by atoms with Crippen LogP contribution in [0.5, 0.6) is 0 Å². The zero-order valence-electron chi connectivity index (χ0n) is 17.1. The normalized spacial score (nSPS) is 12.4. The van der Waals surface area contributed by atoms with Crippen LogP contribution in [0.2, 0.25) is 0 Å². The van der Waals surface area contributed by atoms with Crippen LogP contribution in [0.15, 0.2) is 36.4 Å². The first-order chi connectivity index (χ1) is 11.2. The van der Waals surface area contributed by atoms with Crippen LogP contribution in [0.1, 0.15) is 63.8 Å². The number of nitrogens with one attached hydrogen (secondary N) is 1. The fraction of sp³-hybridized carbons (Fsp3) is 0.435. The van der Waals surface area contributed by atoms with Gasteiger partial charge in [0, 0.05) is 0 Å². The predicted molar refractivity (Wildman–Crippen MR) is 104 cm³/mol. The Morgan fingerprint density at radius 1 is 0.926 bits per heavy atom. The summed E-state index contributed by atoms with van der Waals surface area (Å²) in [5.41, 5.74) is 7.31. The summed E-state index contributed by atoms with van der Waals surface area (Å²) in [7, 11) is 0. The van der Waals surface area contributed by atoms with Crippen molar-refractivity contribution in [2.75, 3.05) is 0 Å². The van der Waals surface area contributed by atoms with Crippen molar-refractivity contribution in [3.05, 3.63) is 64.8 Å². The Balaban J connectivity index is 0.000000572. The molecule has 1 aliphatic rings. The van der Waals surface area contributed by atoms with Gasteiger partial charge in [-0.05, 0) is 10.8 Å². The van der Waals surface area contributed by atoms with Crippen LogP contribution in [0.25, 0.3) is 10.9 Å². The van der Waals surface area contributed by atoms with Gasteiger partial charge in [0.1, 0.15) is 0 Å². The van der Waals surface area contributed by atoms with Crippen molar-refractivity contribution in [1.82, 2.24) is 4.98 Å². The van der Waals surface area contributed by atoms with Crippen LogP contribution in [-0.4, -0.2) is 4.98 Å². The molecule has 144 valence electrons. The van der Waals surface area contributed by atoms with Crippen molar-refractivity contribution in [3.8, 4) is 0 Å². The van der Waals surface area contributed by atoms with Gasteiger partial charge in [-0.1, -0.05) is 72.1 Å². The van der Waals surface area contributed by atoms with Gasteiger partial charge in [-0.2, -0.15) is 17.2 Å². The maximum atomic E-state index is 3.34. The van der Waals surface area contributed by atoms with Crippen LogP contribution >= 0.6 is 0 Å². The standard InChI is InChI=1S/C16H22N.C7H7.2ClH.Zr/c1-15(2,3)11-8-7-9-13-14(11)12(10-17-13)16(4,5)6;1-2-6-4-5-7(6)3-1;;;/h7-9,17H,1-6H3;1-3H,4-5H2;2*1H;/q2*-1;;;+4/p-2. The van der Waals surface area contributed by atoms with E-state index in [1.807, 2.05) is 0 Å². The van der Waals surface area contributed by atoms with Crippen LogP contribution in [0.4, 0.5) is 0 Å². The molecule has 1 heterocycles. The second kappa shape index (κ2) is 9.86. The topological polar surface area (TPSA) is 15.8 Å². The van der Waals surface area contributed by atoms with Crippen molar-refractivity contribution in [2.24, 2.45) is 0 Å². The van der Waals surface area contributed by atoms with Gasteiger partial charge >= 0.3 is 26.2 Å². The summed E-state index contributed by atoms with van der Waals surface area (Å²) in [5, 5.41) is 1.35. The fourth-order valence-electron chi connectivity index (χ4n) is 3.38. The van der Waals surface area contributed by atoms with Crippen molar-refractivity contribution in [2.45, 2.75) is 65.2 Å². The molecule has 0 spiro atoms. The second-order valence-electron chi connectivity index (χ2n) is 8.93. The largest absolute Gasteiger partial charge is 4.00 e. The fourth-order valence-corrected chi connectivity index (χ4v) is 3.38. The zero-order valence-corrected chi connectivity index (χ0v) is 21.1. The average Bonchev–Trinajstić information content (AvgIpc) is 3.01. The summed E-state index contributed by atoms with van der Waals surface area (Å²) < 4.78 is 0. The van der Waals surface area contributed by atoms with Gasteiger partial charge in [-0.25, -0.2) is 12.1 Å². The molecule has 0 fully saturated rings. The Labute approximate surface area is 196 Å². The maximum Gasteiger partial charge on any atom is 4.00 e. The number of hydrogen-bond acceptors (Lipinski definition) is 0. The van der Waals surface area contributed by atoms with E-state index in [0.717, 1.165) is 0 Å². The van der Waals surface area contributed by atoms with Gasteiger partial charge in [-0.3, -0.25) is 0 Å². The minimum absolute atomic E-state index is 0. The van der Waals surface area contributed by atoms with E-state index in [9.17, 15) is 0 Å². The van der Waals surface area contributed by atoms with Gasteiger partial charge in [0.25, 0.3) is 0 Å². The van der Waals surface area contributed by atoms with Gasteiger partial charge in [0.15, 0.2) is 0 Å². The minimum Gasteiger partial charge on any atom is -1.00 e. The molecule has 0 amide bonds. The summed E-state index contributed by atoms with van der Waals surface area (Å²) in [6.45, 7) is 13.5. The Hall–Kier alpha value is -0.427. The number of halogens is 2. The molecule has 4 heteroatoms. The maximum absolute atomic E-state index is 3.34. The van der Waals surface area contributed by atoms with E-state index >= 15 is 0 Å². The molecule has 0 atom stereocenters. The van der Waals surface area contributed by atoms with E-state index in [1.54, 1.807) is 11.1 Å². The van der Waals surface area contributed by atoms with E-state index < -0.39 is 0 Å². The molecule has 1 nitrogen and oxygen atoms in total. The molecule has 0 bridgehead atoms. The number of fused-ring (bicyclic) bond motifs is 2. The molecule has 0 unspecified atom stereocenters. The number of aromatic nitrogens is 1. The SMILES string of the molecule is CC(C)(C)c1[c-][nH]c2cccc(C(C)(C)C)c12.[Cl-].[Cl-].[Zr+4].c1cc2[c-](c1)CC2. The molecular weight excluding hydrogens is 452 g/mol. The number of H-pyrrole nitrogens is 1. The third-order valence-corrected chi connectivity index (χ3v) is 4.87. The molecule has 2 aromatic carbocycles. The van der Waals surface area contributed by atoms with Crippen molar-refractivity contribution in [1.29, 1.82) is 0 Å². The smallest absolute Gasteiger partial charge is 1.00 e. The number of hydrogen-bond donors (Lipinski definition) is 1. The van der Waals surface area contributed by atoms with Crippen LogP contribution < -0.4 is 24.8 Å². The Bertz CT molecular complexity index is 829. The molecule has 0 saturated carbocycles. The summed E-state index contributed by atoms with van der Waals surface area (Å²) in [6.07, 6.45) is 5.98. The minimum atomic E-state index is 0. The summed E-state index contributed by atoms with van der Waals surface area (Å²) in [4.78, 5) is 3.28. The average molecular weight is 482 g/mol. The molecule has 4 rings (SSSR count). The van der Waals surface area contributed by atoms with Gasteiger partial charge in [0.2, 0.25) is 0 Å². The van der Waals surface area contributed by atoms with Crippen molar-refractivity contribution in [3.63, 3.8) is 0 Å². The van der Waals surface area contributed by atoms with Crippen molar-refractivity contribution >= 4 is 10.9 Å². The van der Waals surface area contributed by atoms with E-state index in [2.05, 4.69) is 89.1 Å². The first kappa shape index (κ1) is 26.6. The Morgan fingerprint density at radius 2 is 1.59 bits per heavy atom. The number of benzene rings is 1. The molecule has 3 aromatic rings.